The molecule has 3 unspecified atom stereocenters. The van der Waals surface area contributed by atoms with E-state index in [2.05, 4.69) is 5.32 Å². The normalized spacial score (nSPS) is 35.4. The van der Waals surface area contributed by atoms with Gasteiger partial charge in [0.2, 0.25) is 0 Å². The van der Waals surface area contributed by atoms with E-state index >= 15 is 0 Å². The van der Waals surface area contributed by atoms with Gasteiger partial charge in [-0.2, -0.15) is 0 Å². The molecule has 1 saturated carbocycles. The molecule has 5 heteroatoms. The second kappa shape index (κ2) is 6.75. The Balaban J connectivity index is 1.54. The van der Waals surface area contributed by atoms with Crippen molar-refractivity contribution in [2.75, 3.05) is 19.7 Å². The Bertz CT molecular complexity index is 380. The van der Waals surface area contributed by atoms with E-state index in [9.17, 15) is 4.79 Å². The first-order valence-electron chi connectivity index (χ1n) is 8.91. The minimum atomic E-state index is 0.0417. The predicted molar refractivity (Wildman–Crippen MR) is 84.9 cm³/mol. The molecule has 2 amide bonds. The van der Waals surface area contributed by atoms with Crippen molar-refractivity contribution in [2.45, 2.75) is 82.6 Å². The lowest BCUT2D eigenvalue weighted by molar-refractivity contribution is -0.108. The third kappa shape index (κ3) is 3.74. The molecule has 0 aromatic carbocycles. The summed E-state index contributed by atoms with van der Waals surface area (Å²) in [7, 11) is 0. The van der Waals surface area contributed by atoms with E-state index < -0.39 is 0 Å². The zero-order chi connectivity index (χ0) is 15.6. The number of nitrogens with one attached hydrogen (secondary N) is 1. The van der Waals surface area contributed by atoms with Gasteiger partial charge in [-0.05, 0) is 39.5 Å². The summed E-state index contributed by atoms with van der Waals surface area (Å²) < 4.78 is 11.8. The second-order valence-electron chi connectivity index (χ2n) is 7.39. The van der Waals surface area contributed by atoms with Crippen molar-refractivity contribution in [1.29, 1.82) is 0 Å². The number of carbonyl (C=O) groups excluding carboxylic acids is 1. The first-order chi connectivity index (χ1) is 10.6. The monoisotopic (exact) mass is 310 g/mol. The van der Waals surface area contributed by atoms with Crippen molar-refractivity contribution in [2.24, 2.45) is 0 Å². The SMILES string of the molecule is CC1CN(C(=O)NC2CCOC3(CCCCC3)C2)CC(C)O1. The summed E-state index contributed by atoms with van der Waals surface area (Å²) in [4.78, 5) is 14.5. The molecule has 3 atom stereocenters. The van der Waals surface area contributed by atoms with Crippen molar-refractivity contribution in [3.05, 3.63) is 0 Å². The van der Waals surface area contributed by atoms with Crippen molar-refractivity contribution in [3.8, 4) is 0 Å². The number of ether oxygens (including phenoxy) is 2. The molecule has 0 aromatic heterocycles. The lowest BCUT2D eigenvalue weighted by Gasteiger charge is -2.44. The van der Waals surface area contributed by atoms with Gasteiger partial charge < -0.3 is 19.7 Å². The van der Waals surface area contributed by atoms with Gasteiger partial charge in [0.1, 0.15) is 0 Å². The highest BCUT2D eigenvalue weighted by atomic mass is 16.5. The molecule has 0 bridgehead atoms. The molecule has 126 valence electrons. The van der Waals surface area contributed by atoms with Crippen LogP contribution in [-0.2, 0) is 9.47 Å². The van der Waals surface area contributed by atoms with E-state index in [0.717, 1.165) is 32.3 Å². The van der Waals surface area contributed by atoms with E-state index in [-0.39, 0.29) is 29.9 Å². The molecule has 22 heavy (non-hydrogen) atoms. The topological polar surface area (TPSA) is 50.8 Å². The zero-order valence-corrected chi connectivity index (χ0v) is 14.0. The molecule has 0 aromatic rings. The molecule has 2 heterocycles. The maximum absolute atomic E-state index is 12.5. The summed E-state index contributed by atoms with van der Waals surface area (Å²) in [6, 6.07) is 0.327. The van der Waals surface area contributed by atoms with Crippen LogP contribution in [0.15, 0.2) is 0 Å². The Labute approximate surface area is 133 Å². The second-order valence-corrected chi connectivity index (χ2v) is 7.39. The molecule has 0 radical (unpaired) electrons. The van der Waals surface area contributed by atoms with Crippen LogP contribution in [0.25, 0.3) is 0 Å². The molecular formula is C17H30N2O3. The Morgan fingerprint density at radius 2 is 1.82 bits per heavy atom. The smallest absolute Gasteiger partial charge is 0.317 e. The van der Waals surface area contributed by atoms with Crippen LogP contribution in [0.4, 0.5) is 4.79 Å². The van der Waals surface area contributed by atoms with Gasteiger partial charge >= 0.3 is 6.03 Å². The number of rotatable bonds is 1. The van der Waals surface area contributed by atoms with Gasteiger partial charge in [-0.15, -0.1) is 0 Å². The number of hydrogen-bond donors (Lipinski definition) is 1. The van der Waals surface area contributed by atoms with Crippen LogP contribution in [0.5, 0.6) is 0 Å². The highest BCUT2D eigenvalue weighted by Gasteiger charge is 2.39. The fourth-order valence-corrected chi connectivity index (χ4v) is 4.31. The van der Waals surface area contributed by atoms with Crippen molar-refractivity contribution in [1.82, 2.24) is 10.2 Å². The molecule has 2 aliphatic heterocycles. The van der Waals surface area contributed by atoms with E-state index in [0.29, 0.717) is 13.1 Å². The molecule has 3 fully saturated rings. The lowest BCUT2D eigenvalue weighted by atomic mass is 9.78. The average molecular weight is 310 g/mol. The Hall–Kier alpha value is -0.810. The predicted octanol–water partition coefficient (Wildman–Crippen LogP) is 2.69. The summed E-state index contributed by atoms with van der Waals surface area (Å²) in [5.41, 5.74) is 0.0417. The molecule has 1 aliphatic carbocycles. The molecule has 3 aliphatic rings. The number of hydrogen-bond acceptors (Lipinski definition) is 3. The van der Waals surface area contributed by atoms with Gasteiger partial charge in [0.25, 0.3) is 0 Å². The third-order valence-corrected chi connectivity index (χ3v) is 5.29. The van der Waals surface area contributed by atoms with Gasteiger partial charge in [0, 0.05) is 25.7 Å². The summed E-state index contributed by atoms with van der Waals surface area (Å²) in [5, 5.41) is 3.25. The van der Waals surface area contributed by atoms with Crippen LogP contribution in [0.3, 0.4) is 0 Å². The Morgan fingerprint density at radius 3 is 2.50 bits per heavy atom. The number of nitrogens with zero attached hydrogens (tertiary/aromatic N) is 1. The fourth-order valence-electron chi connectivity index (χ4n) is 4.31. The van der Waals surface area contributed by atoms with E-state index in [4.69, 9.17) is 9.47 Å². The minimum Gasteiger partial charge on any atom is -0.375 e. The van der Waals surface area contributed by atoms with Crippen LogP contribution in [-0.4, -0.2) is 54.5 Å². The Kier molecular flexibility index (Phi) is 4.93. The average Bonchev–Trinajstić information content (AvgIpc) is 2.47. The zero-order valence-electron chi connectivity index (χ0n) is 14.0. The van der Waals surface area contributed by atoms with Crippen LogP contribution in [0, 0.1) is 0 Å². The lowest BCUT2D eigenvalue weighted by Crippen LogP contribution is -2.56. The summed E-state index contributed by atoms with van der Waals surface area (Å²) >= 11 is 0. The Morgan fingerprint density at radius 1 is 1.14 bits per heavy atom. The first kappa shape index (κ1) is 16.1. The minimum absolute atomic E-state index is 0.0417. The highest BCUT2D eigenvalue weighted by Crippen LogP contribution is 2.38. The maximum Gasteiger partial charge on any atom is 0.317 e. The number of morpholine rings is 1. The molecule has 3 rings (SSSR count). The van der Waals surface area contributed by atoms with Gasteiger partial charge in [0.15, 0.2) is 0 Å². The fraction of sp³-hybridized carbons (Fsp3) is 0.941. The van der Waals surface area contributed by atoms with Gasteiger partial charge in [0.05, 0.1) is 17.8 Å². The van der Waals surface area contributed by atoms with Crippen LogP contribution < -0.4 is 5.32 Å². The molecule has 1 spiro atoms. The number of urea groups is 1. The van der Waals surface area contributed by atoms with Crippen LogP contribution in [0.1, 0.15) is 58.8 Å². The van der Waals surface area contributed by atoms with Gasteiger partial charge in [-0.25, -0.2) is 4.79 Å². The first-order valence-corrected chi connectivity index (χ1v) is 8.91. The molecule has 2 saturated heterocycles. The molecule has 5 nitrogen and oxygen atoms in total. The van der Waals surface area contributed by atoms with Gasteiger partial charge in [-0.1, -0.05) is 19.3 Å². The van der Waals surface area contributed by atoms with Crippen LogP contribution >= 0.6 is 0 Å². The number of carbonyl (C=O) groups is 1. The van der Waals surface area contributed by atoms with E-state index in [1.54, 1.807) is 0 Å². The highest BCUT2D eigenvalue weighted by molar-refractivity contribution is 5.74. The van der Waals surface area contributed by atoms with Crippen LogP contribution in [0.2, 0.25) is 0 Å². The number of amides is 2. The summed E-state index contributed by atoms with van der Waals surface area (Å²) in [6.07, 6.45) is 8.32. The van der Waals surface area contributed by atoms with Crippen molar-refractivity contribution in [3.63, 3.8) is 0 Å². The van der Waals surface area contributed by atoms with E-state index in [1.807, 2.05) is 18.7 Å². The van der Waals surface area contributed by atoms with Crippen molar-refractivity contribution < 1.29 is 14.3 Å². The van der Waals surface area contributed by atoms with E-state index in [1.165, 1.54) is 19.3 Å². The standard InChI is InChI=1S/C17H30N2O3/c1-13-11-19(12-14(2)22-13)16(20)18-15-6-9-21-17(10-15)7-4-3-5-8-17/h13-15H,3-12H2,1-2H3,(H,18,20). The quantitative estimate of drug-likeness (QED) is 0.810. The summed E-state index contributed by atoms with van der Waals surface area (Å²) in [5.74, 6) is 0. The maximum atomic E-state index is 12.5. The molecular weight excluding hydrogens is 280 g/mol. The largest absolute Gasteiger partial charge is 0.375 e. The molecule has 1 N–H and O–H groups in total. The van der Waals surface area contributed by atoms with Gasteiger partial charge in [-0.3, -0.25) is 0 Å². The summed E-state index contributed by atoms with van der Waals surface area (Å²) in [6.45, 7) is 6.21. The van der Waals surface area contributed by atoms with Crippen molar-refractivity contribution >= 4 is 6.03 Å². The third-order valence-electron chi connectivity index (χ3n) is 5.29.